The molecular formula is C12H14ClF3N2O. The molecule has 1 aliphatic rings. The van der Waals surface area contributed by atoms with Gasteiger partial charge in [-0.05, 0) is 6.07 Å². The molecule has 0 radical (unpaired) electrons. The molecule has 7 heteroatoms. The summed E-state index contributed by atoms with van der Waals surface area (Å²) in [7, 11) is 0. The van der Waals surface area contributed by atoms with Crippen LogP contribution in [-0.4, -0.2) is 42.6 Å². The van der Waals surface area contributed by atoms with Crippen LogP contribution in [0.4, 0.5) is 13.2 Å². The molecule has 1 saturated heterocycles. The summed E-state index contributed by atoms with van der Waals surface area (Å²) in [5, 5.41) is 12.3. The molecule has 3 nitrogen and oxygen atoms in total. The minimum absolute atomic E-state index is 0.0386. The molecule has 0 saturated carbocycles. The number of phenolic OH excluding ortho intramolecular Hbond substituents is 1. The van der Waals surface area contributed by atoms with Crippen molar-refractivity contribution in [1.29, 1.82) is 0 Å². The first-order valence-corrected chi connectivity index (χ1v) is 6.30. The lowest BCUT2D eigenvalue weighted by Crippen LogP contribution is -2.46. The molecule has 2 rings (SSSR count). The van der Waals surface area contributed by atoms with Crippen LogP contribution in [0.1, 0.15) is 11.6 Å². The molecule has 0 amide bonds. The first kappa shape index (κ1) is 14.4. The number of benzene rings is 1. The van der Waals surface area contributed by atoms with Crippen molar-refractivity contribution in [3.8, 4) is 5.75 Å². The quantitative estimate of drug-likeness (QED) is 0.898. The Labute approximate surface area is 114 Å². The number of alkyl halides is 2. The van der Waals surface area contributed by atoms with E-state index in [1.54, 1.807) is 4.90 Å². The number of nitrogens with one attached hydrogen (secondary N) is 1. The number of halogens is 4. The van der Waals surface area contributed by atoms with Crippen LogP contribution in [0.3, 0.4) is 0 Å². The first-order valence-electron chi connectivity index (χ1n) is 5.92. The van der Waals surface area contributed by atoms with Gasteiger partial charge in [0.25, 0.3) is 6.43 Å². The lowest BCUT2D eigenvalue weighted by atomic mass is 10.0. The standard InChI is InChI=1S/C12H14ClF3N2O/c13-9-8(14)2-1-7(11(9)19)10(12(15)16)18-5-3-17-4-6-18/h1-2,10,12,17,19H,3-6H2/t10-/m0/s1. The predicted molar refractivity (Wildman–Crippen MR) is 66.3 cm³/mol. The molecule has 1 aromatic rings. The van der Waals surface area contributed by atoms with E-state index in [9.17, 15) is 18.3 Å². The van der Waals surface area contributed by atoms with Gasteiger partial charge >= 0.3 is 0 Å². The Hall–Kier alpha value is -0.980. The van der Waals surface area contributed by atoms with Crippen LogP contribution >= 0.6 is 11.6 Å². The summed E-state index contributed by atoms with van der Waals surface area (Å²) in [5.74, 6) is -1.43. The maximum absolute atomic E-state index is 13.3. The van der Waals surface area contributed by atoms with E-state index >= 15 is 0 Å². The van der Waals surface area contributed by atoms with Crippen molar-refractivity contribution >= 4 is 11.6 Å². The third-order valence-electron chi connectivity index (χ3n) is 3.20. The molecule has 0 aliphatic carbocycles. The van der Waals surface area contributed by atoms with Gasteiger partial charge < -0.3 is 10.4 Å². The lowest BCUT2D eigenvalue weighted by Gasteiger charge is -2.35. The highest BCUT2D eigenvalue weighted by Gasteiger charge is 2.33. The van der Waals surface area contributed by atoms with E-state index in [1.807, 2.05) is 0 Å². The fraction of sp³-hybridized carbons (Fsp3) is 0.500. The predicted octanol–water partition coefficient (Wildman–Crippen LogP) is 2.40. The van der Waals surface area contributed by atoms with E-state index in [2.05, 4.69) is 5.32 Å². The highest BCUT2D eigenvalue weighted by molar-refractivity contribution is 6.32. The number of rotatable bonds is 3. The van der Waals surface area contributed by atoms with Crippen LogP contribution in [-0.2, 0) is 0 Å². The van der Waals surface area contributed by atoms with E-state index in [1.165, 1.54) is 0 Å². The Balaban J connectivity index is 2.36. The van der Waals surface area contributed by atoms with E-state index in [-0.39, 0.29) is 5.56 Å². The number of aromatic hydroxyl groups is 1. The molecule has 0 aromatic heterocycles. The Morgan fingerprint density at radius 1 is 1.26 bits per heavy atom. The van der Waals surface area contributed by atoms with Gasteiger partial charge in [0.1, 0.15) is 22.6 Å². The van der Waals surface area contributed by atoms with Crippen molar-refractivity contribution in [1.82, 2.24) is 10.2 Å². The molecule has 106 valence electrons. The molecular weight excluding hydrogens is 281 g/mol. The van der Waals surface area contributed by atoms with Gasteiger partial charge in [-0.3, -0.25) is 4.90 Å². The monoisotopic (exact) mass is 294 g/mol. The van der Waals surface area contributed by atoms with E-state index in [0.717, 1.165) is 12.1 Å². The number of piperazine rings is 1. The number of hydrogen-bond donors (Lipinski definition) is 2. The second kappa shape index (κ2) is 5.98. The molecule has 1 heterocycles. The topological polar surface area (TPSA) is 35.5 Å². The van der Waals surface area contributed by atoms with Crippen molar-refractivity contribution in [2.45, 2.75) is 12.5 Å². The number of phenols is 1. The van der Waals surface area contributed by atoms with Crippen molar-refractivity contribution in [3.63, 3.8) is 0 Å². The lowest BCUT2D eigenvalue weighted by molar-refractivity contribution is 0.0170. The van der Waals surface area contributed by atoms with E-state index < -0.39 is 29.1 Å². The van der Waals surface area contributed by atoms with E-state index in [4.69, 9.17) is 11.6 Å². The van der Waals surface area contributed by atoms with Crippen LogP contribution in [0, 0.1) is 5.82 Å². The average molecular weight is 295 g/mol. The maximum Gasteiger partial charge on any atom is 0.258 e. The molecule has 0 unspecified atom stereocenters. The van der Waals surface area contributed by atoms with Crippen LogP contribution in [0.25, 0.3) is 0 Å². The zero-order valence-corrected chi connectivity index (χ0v) is 10.8. The van der Waals surface area contributed by atoms with E-state index in [0.29, 0.717) is 26.2 Å². The zero-order valence-electron chi connectivity index (χ0n) is 10.0. The van der Waals surface area contributed by atoms with Crippen molar-refractivity contribution in [2.75, 3.05) is 26.2 Å². The molecule has 1 fully saturated rings. The summed E-state index contributed by atoms with van der Waals surface area (Å²) in [6, 6.07) is 0.880. The SMILES string of the molecule is Oc1c([C@@H](C(F)F)N2CCNCC2)ccc(F)c1Cl. The van der Waals surface area contributed by atoms with Gasteiger partial charge in [0, 0.05) is 31.7 Å². The Kier molecular flexibility index (Phi) is 4.54. The second-order valence-corrected chi connectivity index (χ2v) is 4.74. The van der Waals surface area contributed by atoms with Gasteiger partial charge in [-0.2, -0.15) is 0 Å². The zero-order chi connectivity index (χ0) is 14.0. The number of nitrogens with zero attached hydrogens (tertiary/aromatic N) is 1. The largest absolute Gasteiger partial charge is 0.506 e. The van der Waals surface area contributed by atoms with Crippen molar-refractivity contribution in [2.24, 2.45) is 0 Å². The smallest absolute Gasteiger partial charge is 0.258 e. The molecule has 19 heavy (non-hydrogen) atoms. The fourth-order valence-corrected chi connectivity index (χ4v) is 2.42. The third kappa shape index (κ3) is 2.96. The Morgan fingerprint density at radius 2 is 1.89 bits per heavy atom. The summed E-state index contributed by atoms with van der Waals surface area (Å²) in [6.07, 6.45) is -2.69. The van der Waals surface area contributed by atoms with Gasteiger partial charge in [0.15, 0.2) is 0 Å². The Bertz CT molecular complexity index is 453. The summed E-state index contributed by atoms with van der Waals surface area (Å²) < 4.78 is 39.7. The molecule has 1 aliphatic heterocycles. The first-order chi connectivity index (χ1) is 9.02. The fourth-order valence-electron chi connectivity index (χ4n) is 2.25. The van der Waals surface area contributed by atoms with Crippen LogP contribution in [0.15, 0.2) is 12.1 Å². The number of hydrogen-bond acceptors (Lipinski definition) is 3. The average Bonchev–Trinajstić information content (AvgIpc) is 2.40. The highest BCUT2D eigenvalue weighted by Crippen LogP contribution is 2.38. The summed E-state index contributed by atoms with van der Waals surface area (Å²) in [6.45, 7) is 2.06. The normalized spacial score (nSPS) is 18.8. The van der Waals surface area contributed by atoms with Gasteiger partial charge in [-0.25, -0.2) is 13.2 Å². The van der Waals surface area contributed by atoms with Crippen LogP contribution in [0.5, 0.6) is 5.75 Å². The third-order valence-corrected chi connectivity index (χ3v) is 3.56. The molecule has 1 aromatic carbocycles. The maximum atomic E-state index is 13.3. The van der Waals surface area contributed by atoms with Crippen LogP contribution < -0.4 is 5.32 Å². The van der Waals surface area contributed by atoms with Gasteiger partial charge in [-0.1, -0.05) is 17.7 Å². The molecule has 0 spiro atoms. The Morgan fingerprint density at radius 3 is 2.47 bits per heavy atom. The molecule has 2 N–H and O–H groups in total. The van der Waals surface area contributed by atoms with Crippen LogP contribution in [0.2, 0.25) is 5.02 Å². The summed E-state index contributed by atoms with van der Waals surface area (Å²) in [5.41, 5.74) is -0.0386. The second-order valence-electron chi connectivity index (χ2n) is 4.36. The minimum atomic E-state index is -2.69. The molecule has 0 bridgehead atoms. The van der Waals surface area contributed by atoms with Crippen molar-refractivity contribution in [3.05, 3.63) is 28.5 Å². The minimum Gasteiger partial charge on any atom is -0.506 e. The highest BCUT2D eigenvalue weighted by atomic mass is 35.5. The van der Waals surface area contributed by atoms with Gasteiger partial charge in [-0.15, -0.1) is 0 Å². The molecule has 1 atom stereocenters. The summed E-state index contributed by atoms with van der Waals surface area (Å²) in [4.78, 5) is 1.56. The van der Waals surface area contributed by atoms with Gasteiger partial charge in [0.05, 0.1) is 0 Å². The van der Waals surface area contributed by atoms with Gasteiger partial charge in [0.2, 0.25) is 0 Å². The summed E-state index contributed by atoms with van der Waals surface area (Å²) >= 11 is 5.57. The van der Waals surface area contributed by atoms with Crippen molar-refractivity contribution < 1.29 is 18.3 Å².